The Morgan fingerprint density at radius 1 is 1.39 bits per heavy atom. The van der Waals surface area contributed by atoms with Crippen molar-refractivity contribution in [2.45, 2.75) is 20.0 Å². The minimum atomic E-state index is -0.369. The molecule has 0 amide bonds. The SMILES string of the molecule is CCn1nccc1CNc1ccc(OC)c(F)c1. The molecule has 0 atom stereocenters. The smallest absolute Gasteiger partial charge is 0.167 e. The fourth-order valence-corrected chi connectivity index (χ4v) is 1.76. The molecular formula is C13H16FN3O. The van der Waals surface area contributed by atoms with Gasteiger partial charge in [0, 0.05) is 24.5 Å². The van der Waals surface area contributed by atoms with Crippen LogP contribution in [0.3, 0.4) is 0 Å². The number of rotatable bonds is 5. The van der Waals surface area contributed by atoms with Crippen molar-refractivity contribution < 1.29 is 9.13 Å². The Morgan fingerprint density at radius 3 is 2.89 bits per heavy atom. The molecule has 96 valence electrons. The zero-order valence-corrected chi connectivity index (χ0v) is 10.5. The van der Waals surface area contributed by atoms with E-state index in [0.717, 1.165) is 17.9 Å². The molecule has 1 N–H and O–H groups in total. The lowest BCUT2D eigenvalue weighted by atomic mass is 10.3. The first-order valence-electron chi connectivity index (χ1n) is 5.82. The van der Waals surface area contributed by atoms with E-state index in [2.05, 4.69) is 10.4 Å². The predicted molar refractivity (Wildman–Crippen MR) is 68.2 cm³/mol. The first-order valence-corrected chi connectivity index (χ1v) is 5.82. The Bertz CT molecular complexity index is 525. The normalized spacial score (nSPS) is 10.4. The molecule has 0 radical (unpaired) electrons. The topological polar surface area (TPSA) is 39.1 Å². The summed E-state index contributed by atoms with van der Waals surface area (Å²) in [6.45, 7) is 3.46. The number of ether oxygens (including phenoxy) is 1. The molecule has 0 fully saturated rings. The third-order valence-electron chi connectivity index (χ3n) is 2.73. The van der Waals surface area contributed by atoms with Crippen molar-refractivity contribution in [1.29, 1.82) is 0 Å². The average Bonchev–Trinajstić information content (AvgIpc) is 2.84. The molecule has 1 heterocycles. The molecule has 18 heavy (non-hydrogen) atoms. The summed E-state index contributed by atoms with van der Waals surface area (Å²) in [6.07, 6.45) is 1.76. The lowest BCUT2D eigenvalue weighted by molar-refractivity contribution is 0.386. The first-order chi connectivity index (χ1) is 8.74. The van der Waals surface area contributed by atoms with Crippen molar-refractivity contribution in [2.75, 3.05) is 12.4 Å². The lowest BCUT2D eigenvalue weighted by Crippen LogP contribution is -2.07. The lowest BCUT2D eigenvalue weighted by Gasteiger charge is -2.09. The highest BCUT2D eigenvalue weighted by atomic mass is 19.1. The maximum atomic E-state index is 13.5. The number of aromatic nitrogens is 2. The third kappa shape index (κ3) is 2.61. The van der Waals surface area contributed by atoms with Crippen LogP contribution in [0, 0.1) is 5.82 Å². The van der Waals surface area contributed by atoms with Crippen LogP contribution in [0.4, 0.5) is 10.1 Å². The van der Waals surface area contributed by atoms with E-state index in [9.17, 15) is 4.39 Å². The number of aryl methyl sites for hydroxylation is 1. The van der Waals surface area contributed by atoms with Crippen LogP contribution in [0.25, 0.3) is 0 Å². The van der Waals surface area contributed by atoms with Crippen molar-refractivity contribution in [1.82, 2.24) is 9.78 Å². The minimum absolute atomic E-state index is 0.249. The molecule has 0 aliphatic heterocycles. The number of nitrogens with zero attached hydrogens (tertiary/aromatic N) is 2. The Kier molecular flexibility index (Phi) is 3.82. The van der Waals surface area contributed by atoms with Crippen LogP contribution in [0.1, 0.15) is 12.6 Å². The van der Waals surface area contributed by atoms with Gasteiger partial charge in [0.05, 0.1) is 19.3 Å². The van der Waals surface area contributed by atoms with E-state index < -0.39 is 0 Å². The largest absolute Gasteiger partial charge is 0.494 e. The van der Waals surface area contributed by atoms with E-state index >= 15 is 0 Å². The van der Waals surface area contributed by atoms with Gasteiger partial charge in [0.15, 0.2) is 11.6 Å². The van der Waals surface area contributed by atoms with Gasteiger partial charge in [-0.1, -0.05) is 0 Å². The monoisotopic (exact) mass is 249 g/mol. The van der Waals surface area contributed by atoms with Gasteiger partial charge < -0.3 is 10.1 Å². The Labute approximate surface area is 105 Å². The van der Waals surface area contributed by atoms with Crippen LogP contribution in [-0.4, -0.2) is 16.9 Å². The molecule has 2 rings (SSSR count). The van der Waals surface area contributed by atoms with Gasteiger partial charge in [-0.2, -0.15) is 5.10 Å². The van der Waals surface area contributed by atoms with Gasteiger partial charge in [0.1, 0.15) is 0 Å². The van der Waals surface area contributed by atoms with Crippen LogP contribution in [0.2, 0.25) is 0 Å². The summed E-state index contributed by atoms with van der Waals surface area (Å²) in [5, 5.41) is 7.33. The van der Waals surface area contributed by atoms with E-state index in [-0.39, 0.29) is 11.6 Å². The van der Waals surface area contributed by atoms with E-state index in [4.69, 9.17) is 4.74 Å². The van der Waals surface area contributed by atoms with Crippen molar-refractivity contribution in [3.63, 3.8) is 0 Å². The summed E-state index contributed by atoms with van der Waals surface area (Å²) < 4.78 is 20.2. The molecule has 0 aliphatic rings. The molecule has 1 aromatic carbocycles. The Hall–Kier alpha value is -2.04. The number of nitrogens with one attached hydrogen (secondary N) is 1. The molecule has 1 aromatic heterocycles. The number of hydrogen-bond donors (Lipinski definition) is 1. The summed E-state index contributed by atoms with van der Waals surface area (Å²) >= 11 is 0. The summed E-state index contributed by atoms with van der Waals surface area (Å²) in [7, 11) is 1.45. The molecule has 5 heteroatoms. The molecule has 4 nitrogen and oxygen atoms in total. The molecule has 0 aliphatic carbocycles. The highest BCUT2D eigenvalue weighted by Crippen LogP contribution is 2.20. The highest BCUT2D eigenvalue weighted by Gasteiger charge is 2.04. The van der Waals surface area contributed by atoms with E-state index in [1.807, 2.05) is 17.7 Å². The Morgan fingerprint density at radius 2 is 2.22 bits per heavy atom. The zero-order valence-electron chi connectivity index (χ0n) is 10.5. The molecule has 0 unspecified atom stereocenters. The molecule has 0 bridgehead atoms. The number of halogens is 1. The quantitative estimate of drug-likeness (QED) is 0.885. The maximum Gasteiger partial charge on any atom is 0.167 e. The van der Waals surface area contributed by atoms with Crippen LogP contribution in [0.15, 0.2) is 30.5 Å². The van der Waals surface area contributed by atoms with Gasteiger partial charge in [-0.25, -0.2) is 4.39 Å². The van der Waals surface area contributed by atoms with Gasteiger partial charge in [-0.3, -0.25) is 4.68 Å². The van der Waals surface area contributed by atoms with Gasteiger partial charge in [0.2, 0.25) is 0 Å². The van der Waals surface area contributed by atoms with Gasteiger partial charge >= 0.3 is 0 Å². The summed E-state index contributed by atoms with van der Waals surface area (Å²) in [5.41, 5.74) is 1.78. The summed E-state index contributed by atoms with van der Waals surface area (Å²) in [5.74, 6) is -0.120. The summed E-state index contributed by atoms with van der Waals surface area (Å²) in [6, 6.07) is 6.76. The second-order valence-corrected chi connectivity index (χ2v) is 3.84. The van der Waals surface area contributed by atoms with Gasteiger partial charge in [-0.15, -0.1) is 0 Å². The second kappa shape index (κ2) is 5.53. The van der Waals surface area contributed by atoms with Crippen LogP contribution in [0.5, 0.6) is 5.75 Å². The van der Waals surface area contributed by atoms with Crippen molar-refractivity contribution in [2.24, 2.45) is 0 Å². The van der Waals surface area contributed by atoms with Gasteiger partial charge in [0.25, 0.3) is 0 Å². The molecule has 0 saturated heterocycles. The number of methoxy groups -OCH3 is 1. The maximum absolute atomic E-state index is 13.5. The number of hydrogen-bond acceptors (Lipinski definition) is 3. The predicted octanol–water partition coefficient (Wildman–Crippen LogP) is 2.66. The fourth-order valence-electron chi connectivity index (χ4n) is 1.76. The van der Waals surface area contributed by atoms with E-state index in [0.29, 0.717) is 6.54 Å². The number of anilines is 1. The van der Waals surface area contributed by atoms with Crippen molar-refractivity contribution in [3.8, 4) is 5.75 Å². The molecule has 0 saturated carbocycles. The standard InChI is InChI=1S/C13H16FN3O/c1-3-17-11(6-7-16-17)9-15-10-4-5-13(18-2)12(14)8-10/h4-8,15H,3,9H2,1-2H3. The highest BCUT2D eigenvalue weighted by molar-refractivity contribution is 5.47. The third-order valence-corrected chi connectivity index (χ3v) is 2.73. The fraction of sp³-hybridized carbons (Fsp3) is 0.308. The van der Waals surface area contributed by atoms with Crippen LogP contribution < -0.4 is 10.1 Å². The van der Waals surface area contributed by atoms with E-state index in [1.165, 1.54) is 13.2 Å². The van der Waals surface area contributed by atoms with Crippen LogP contribution >= 0.6 is 0 Å². The van der Waals surface area contributed by atoms with Crippen molar-refractivity contribution in [3.05, 3.63) is 42.0 Å². The number of benzene rings is 1. The molecule has 0 spiro atoms. The Balaban J connectivity index is 2.04. The molecule has 2 aromatic rings. The summed E-state index contributed by atoms with van der Waals surface area (Å²) in [4.78, 5) is 0. The van der Waals surface area contributed by atoms with Crippen LogP contribution in [-0.2, 0) is 13.1 Å². The molecular weight excluding hydrogens is 233 g/mol. The first kappa shape index (κ1) is 12.4. The van der Waals surface area contributed by atoms with Crippen molar-refractivity contribution >= 4 is 5.69 Å². The average molecular weight is 249 g/mol. The minimum Gasteiger partial charge on any atom is -0.494 e. The second-order valence-electron chi connectivity index (χ2n) is 3.84. The van der Waals surface area contributed by atoms with Gasteiger partial charge in [-0.05, 0) is 25.1 Å². The van der Waals surface area contributed by atoms with E-state index in [1.54, 1.807) is 18.3 Å². The zero-order chi connectivity index (χ0) is 13.0.